The third kappa shape index (κ3) is 5.43. The summed E-state index contributed by atoms with van der Waals surface area (Å²) in [5.41, 5.74) is -0.143. The molecule has 3 heterocycles. The number of ether oxygens (including phenoxy) is 2. The second kappa shape index (κ2) is 9.65. The molecule has 4 aliphatic rings. The molecule has 4 rings (SSSR count). The molecule has 164 valence electrons. The Morgan fingerprint density at radius 2 is 1.62 bits per heavy atom. The number of rotatable bonds is 3. The van der Waals surface area contributed by atoms with E-state index in [1.165, 1.54) is 19.3 Å². The summed E-state index contributed by atoms with van der Waals surface area (Å²) in [6.07, 6.45) is 10.3. The van der Waals surface area contributed by atoms with Crippen molar-refractivity contribution in [3.05, 3.63) is 0 Å². The van der Waals surface area contributed by atoms with Gasteiger partial charge in [-0.15, -0.1) is 0 Å². The van der Waals surface area contributed by atoms with E-state index in [2.05, 4.69) is 5.32 Å². The number of nitrogens with one attached hydrogen (secondary N) is 1. The molecule has 29 heavy (non-hydrogen) atoms. The molecular formula is C22H37N3O4. The Morgan fingerprint density at radius 3 is 2.34 bits per heavy atom. The molecule has 4 fully saturated rings. The normalized spacial score (nSPS) is 28.3. The molecule has 7 heteroatoms. The number of urea groups is 1. The Bertz CT molecular complexity index is 564. The molecule has 0 radical (unpaired) electrons. The van der Waals surface area contributed by atoms with E-state index in [0.717, 1.165) is 71.3 Å². The van der Waals surface area contributed by atoms with E-state index in [1.807, 2.05) is 9.80 Å². The van der Waals surface area contributed by atoms with E-state index in [1.54, 1.807) is 0 Å². The van der Waals surface area contributed by atoms with Gasteiger partial charge in [0.15, 0.2) is 0 Å². The van der Waals surface area contributed by atoms with E-state index >= 15 is 0 Å². The number of nitrogens with zero attached hydrogens (tertiary/aromatic N) is 2. The predicted molar refractivity (Wildman–Crippen MR) is 110 cm³/mol. The van der Waals surface area contributed by atoms with Crippen molar-refractivity contribution < 1.29 is 19.1 Å². The summed E-state index contributed by atoms with van der Waals surface area (Å²) in [4.78, 5) is 29.2. The first-order valence-electron chi connectivity index (χ1n) is 11.7. The van der Waals surface area contributed by atoms with E-state index < -0.39 is 0 Å². The smallest absolute Gasteiger partial charge is 0.317 e. The van der Waals surface area contributed by atoms with Crippen molar-refractivity contribution >= 4 is 11.9 Å². The quantitative estimate of drug-likeness (QED) is 0.780. The number of hydrogen-bond acceptors (Lipinski definition) is 4. The van der Waals surface area contributed by atoms with Crippen LogP contribution in [0.2, 0.25) is 0 Å². The molecule has 0 aromatic carbocycles. The molecule has 1 N–H and O–H groups in total. The summed E-state index contributed by atoms with van der Waals surface area (Å²) < 4.78 is 11.6. The average molecular weight is 408 g/mol. The van der Waals surface area contributed by atoms with Crippen molar-refractivity contribution in [1.82, 2.24) is 15.1 Å². The van der Waals surface area contributed by atoms with E-state index in [4.69, 9.17) is 9.47 Å². The van der Waals surface area contributed by atoms with Gasteiger partial charge >= 0.3 is 6.03 Å². The van der Waals surface area contributed by atoms with Crippen molar-refractivity contribution in [2.45, 2.75) is 75.9 Å². The summed E-state index contributed by atoms with van der Waals surface area (Å²) >= 11 is 0. The number of carbonyl (C=O) groups is 2. The molecule has 1 saturated carbocycles. The minimum absolute atomic E-state index is 0.0987. The summed E-state index contributed by atoms with van der Waals surface area (Å²) in [6, 6.07) is 0.454. The minimum atomic E-state index is -0.143. The van der Waals surface area contributed by atoms with Gasteiger partial charge in [0.2, 0.25) is 5.91 Å². The number of carbonyl (C=O) groups excluding carboxylic acids is 2. The SMILES string of the molecule is O=C(CC1CCOC2(CCN(C(=O)NC3CCCCC3)CC2)C1)N1CCOCC1. The molecule has 3 amide bonds. The van der Waals surface area contributed by atoms with Crippen molar-refractivity contribution in [2.75, 3.05) is 46.0 Å². The number of morpholine rings is 1. The fourth-order valence-corrected chi connectivity index (χ4v) is 5.47. The van der Waals surface area contributed by atoms with Crippen LogP contribution in [0.3, 0.4) is 0 Å². The first-order valence-corrected chi connectivity index (χ1v) is 11.7. The maximum atomic E-state index is 12.6. The van der Waals surface area contributed by atoms with Crippen LogP contribution in [-0.2, 0) is 14.3 Å². The Labute approximate surface area is 174 Å². The van der Waals surface area contributed by atoms with Crippen molar-refractivity contribution in [2.24, 2.45) is 5.92 Å². The van der Waals surface area contributed by atoms with Crippen LogP contribution in [0.15, 0.2) is 0 Å². The standard InChI is InChI=1S/C22H37N3O4/c26-20(24-11-14-28-15-12-24)16-18-6-13-29-22(17-18)7-9-25(10-8-22)21(27)23-19-4-2-1-3-5-19/h18-19H,1-17H2,(H,23,27). The lowest BCUT2D eigenvalue weighted by atomic mass is 9.78. The van der Waals surface area contributed by atoms with Crippen molar-refractivity contribution in [1.29, 1.82) is 0 Å². The molecule has 3 saturated heterocycles. The maximum absolute atomic E-state index is 12.6. The van der Waals surface area contributed by atoms with Crippen LogP contribution in [0, 0.1) is 5.92 Å². The van der Waals surface area contributed by atoms with Crippen LogP contribution in [0.4, 0.5) is 4.79 Å². The fourth-order valence-electron chi connectivity index (χ4n) is 5.47. The van der Waals surface area contributed by atoms with Gasteiger partial charge in [-0.2, -0.15) is 0 Å². The number of amides is 3. The van der Waals surface area contributed by atoms with E-state index in [0.29, 0.717) is 31.6 Å². The highest BCUT2D eigenvalue weighted by Crippen LogP contribution is 2.39. The summed E-state index contributed by atoms with van der Waals surface area (Å²) in [7, 11) is 0. The third-order valence-electron chi connectivity index (χ3n) is 7.32. The Balaban J connectivity index is 1.24. The molecule has 1 aliphatic carbocycles. The van der Waals surface area contributed by atoms with Gasteiger partial charge in [0.1, 0.15) is 0 Å². The number of piperidine rings is 1. The van der Waals surface area contributed by atoms with Gasteiger partial charge in [0.05, 0.1) is 18.8 Å². The first-order chi connectivity index (χ1) is 14.1. The molecule has 0 aromatic rings. The van der Waals surface area contributed by atoms with E-state index in [-0.39, 0.29) is 17.5 Å². The number of hydrogen-bond donors (Lipinski definition) is 1. The zero-order valence-corrected chi connectivity index (χ0v) is 17.7. The van der Waals surface area contributed by atoms with Gasteiger partial charge in [0.25, 0.3) is 0 Å². The molecule has 7 nitrogen and oxygen atoms in total. The van der Waals surface area contributed by atoms with Crippen LogP contribution in [0.5, 0.6) is 0 Å². The summed E-state index contributed by atoms with van der Waals surface area (Å²) in [5.74, 6) is 0.654. The van der Waals surface area contributed by atoms with E-state index in [9.17, 15) is 9.59 Å². The molecular weight excluding hydrogens is 370 g/mol. The van der Waals surface area contributed by atoms with Gasteiger partial charge in [-0.1, -0.05) is 19.3 Å². The zero-order chi connectivity index (χ0) is 20.1. The Kier molecular flexibility index (Phi) is 6.96. The third-order valence-corrected chi connectivity index (χ3v) is 7.32. The van der Waals surface area contributed by atoms with Crippen LogP contribution < -0.4 is 5.32 Å². The molecule has 0 bridgehead atoms. The van der Waals surface area contributed by atoms with Gasteiger partial charge in [-0.05, 0) is 44.4 Å². The monoisotopic (exact) mass is 407 g/mol. The van der Waals surface area contributed by atoms with Crippen LogP contribution >= 0.6 is 0 Å². The highest BCUT2D eigenvalue weighted by atomic mass is 16.5. The lowest BCUT2D eigenvalue weighted by Gasteiger charge is -2.46. The molecule has 1 atom stereocenters. The predicted octanol–water partition coefficient (Wildman–Crippen LogP) is 2.54. The van der Waals surface area contributed by atoms with Crippen LogP contribution in [0.1, 0.15) is 64.2 Å². The topological polar surface area (TPSA) is 71.1 Å². The maximum Gasteiger partial charge on any atom is 0.317 e. The van der Waals surface area contributed by atoms with Crippen LogP contribution in [-0.4, -0.2) is 79.4 Å². The minimum Gasteiger partial charge on any atom is -0.378 e. The van der Waals surface area contributed by atoms with Gasteiger partial charge < -0.3 is 24.6 Å². The molecule has 1 spiro atoms. The lowest BCUT2D eigenvalue weighted by Crippen LogP contribution is -2.54. The molecule has 3 aliphatic heterocycles. The van der Waals surface area contributed by atoms with Gasteiger partial charge in [-0.3, -0.25) is 4.79 Å². The Morgan fingerprint density at radius 1 is 0.897 bits per heavy atom. The average Bonchev–Trinajstić information content (AvgIpc) is 2.75. The second-order valence-corrected chi connectivity index (χ2v) is 9.36. The van der Waals surface area contributed by atoms with Crippen molar-refractivity contribution in [3.63, 3.8) is 0 Å². The summed E-state index contributed by atoms with van der Waals surface area (Å²) in [5, 5.41) is 3.24. The molecule has 0 aromatic heterocycles. The molecule has 1 unspecified atom stereocenters. The van der Waals surface area contributed by atoms with Gasteiger partial charge in [0, 0.05) is 45.2 Å². The lowest BCUT2D eigenvalue weighted by molar-refractivity contribution is -0.143. The first kappa shape index (κ1) is 20.9. The van der Waals surface area contributed by atoms with Gasteiger partial charge in [-0.25, -0.2) is 4.79 Å². The second-order valence-electron chi connectivity index (χ2n) is 9.36. The highest BCUT2D eigenvalue weighted by Gasteiger charge is 2.42. The Hall–Kier alpha value is -1.34. The zero-order valence-electron chi connectivity index (χ0n) is 17.7. The van der Waals surface area contributed by atoms with Crippen molar-refractivity contribution in [3.8, 4) is 0 Å². The largest absolute Gasteiger partial charge is 0.378 e. The number of likely N-dealkylation sites (tertiary alicyclic amines) is 1. The highest BCUT2D eigenvalue weighted by molar-refractivity contribution is 5.76. The summed E-state index contributed by atoms with van der Waals surface area (Å²) in [6.45, 7) is 4.99. The van der Waals surface area contributed by atoms with Crippen LogP contribution in [0.25, 0.3) is 0 Å². The fraction of sp³-hybridized carbons (Fsp3) is 0.909.